The summed E-state index contributed by atoms with van der Waals surface area (Å²) in [6, 6.07) is 9.23. The lowest BCUT2D eigenvalue weighted by Gasteiger charge is -2.23. The number of methoxy groups -OCH3 is 1. The zero-order valence-electron chi connectivity index (χ0n) is 10.8. The zero-order valence-corrected chi connectivity index (χ0v) is 11.6. The minimum absolute atomic E-state index is 0.345. The molecule has 0 amide bonds. The lowest BCUT2D eigenvalue weighted by atomic mass is 10.0. The number of para-hydroxylation sites is 1. The van der Waals surface area contributed by atoms with Gasteiger partial charge >= 0.3 is 0 Å². The molecule has 0 aromatic heterocycles. The van der Waals surface area contributed by atoms with E-state index in [4.69, 9.17) is 4.74 Å². The highest BCUT2D eigenvalue weighted by molar-refractivity contribution is 8.00. The maximum absolute atomic E-state index is 5.41. The quantitative estimate of drug-likeness (QED) is 0.887. The molecule has 1 N–H and O–H groups in total. The first-order valence-corrected chi connectivity index (χ1v) is 7.28. The van der Waals surface area contributed by atoms with Gasteiger partial charge in [0.05, 0.1) is 7.11 Å². The first kappa shape index (κ1) is 12.8. The number of benzene rings is 1. The van der Waals surface area contributed by atoms with Crippen LogP contribution in [0, 0.1) is 0 Å². The zero-order chi connectivity index (χ0) is 12.3. The summed E-state index contributed by atoms with van der Waals surface area (Å²) in [4.78, 5) is 0. The summed E-state index contributed by atoms with van der Waals surface area (Å²) in [6.45, 7) is 4.53. The molecule has 3 atom stereocenters. The number of hydrogen-bond acceptors (Lipinski definition) is 3. The largest absolute Gasteiger partial charge is 0.496 e. The summed E-state index contributed by atoms with van der Waals surface area (Å²) in [5, 5.41) is 4.43. The Kier molecular flexibility index (Phi) is 4.35. The van der Waals surface area contributed by atoms with Crippen LogP contribution in [0.1, 0.15) is 31.9 Å². The van der Waals surface area contributed by atoms with Gasteiger partial charge in [-0.05, 0) is 25.2 Å². The van der Waals surface area contributed by atoms with Crippen molar-refractivity contribution in [1.82, 2.24) is 5.32 Å². The first-order valence-electron chi connectivity index (χ1n) is 6.23. The molecule has 1 saturated heterocycles. The van der Waals surface area contributed by atoms with Gasteiger partial charge in [-0.15, -0.1) is 0 Å². The van der Waals surface area contributed by atoms with E-state index in [1.54, 1.807) is 7.11 Å². The summed E-state index contributed by atoms with van der Waals surface area (Å²) in [5.41, 5.74) is 1.25. The van der Waals surface area contributed by atoms with Gasteiger partial charge in [-0.2, -0.15) is 11.8 Å². The number of ether oxygens (including phenoxy) is 1. The minimum Gasteiger partial charge on any atom is -0.496 e. The van der Waals surface area contributed by atoms with E-state index in [1.807, 2.05) is 12.1 Å². The van der Waals surface area contributed by atoms with E-state index < -0.39 is 0 Å². The van der Waals surface area contributed by atoms with Crippen molar-refractivity contribution in [3.63, 3.8) is 0 Å². The number of thioether (sulfide) groups is 1. The molecule has 2 rings (SSSR count). The van der Waals surface area contributed by atoms with Crippen LogP contribution in [0.2, 0.25) is 0 Å². The lowest BCUT2D eigenvalue weighted by molar-refractivity contribution is 0.392. The van der Waals surface area contributed by atoms with Crippen molar-refractivity contribution in [3.8, 4) is 5.75 Å². The molecule has 0 saturated carbocycles. The molecule has 3 heteroatoms. The van der Waals surface area contributed by atoms with E-state index in [0.29, 0.717) is 17.3 Å². The minimum atomic E-state index is 0.345. The molecule has 1 aliphatic heterocycles. The fourth-order valence-corrected chi connectivity index (χ4v) is 3.59. The SMILES string of the molecule is COc1ccccc1[C@@H](C)NC1CCSC1C. The van der Waals surface area contributed by atoms with Crippen LogP contribution in [-0.4, -0.2) is 24.2 Å². The van der Waals surface area contributed by atoms with Gasteiger partial charge in [0.25, 0.3) is 0 Å². The molecular formula is C14H21NOS. The van der Waals surface area contributed by atoms with Crippen molar-refractivity contribution in [2.24, 2.45) is 0 Å². The average molecular weight is 251 g/mol. The van der Waals surface area contributed by atoms with Crippen molar-refractivity contribution in [2.75, 3.05) is 12.9 Å². The predicted octanol–water partition coefficient (Wildman–Crippen LogP) is 3.24. The third-order valence-electron chi connectivity index (χ3n) is 3.45. The smallest absolute Gasteiger partial charge is 0.123 e. The summed E-state index contributed by atoms with van der Waals surface area (Å²) in [5.74, 6) is 2.25. The van der Waals surface area contributed by atoms with Crippen LogP contribution in [0.3, 0.4) is 0 Å². The van der Waals surface area contributed by atoms with E-state index in [2.05, 4.69) is 43.1 Å². The van der Waals surface area contributed by atoms with Crippen molar-refractivity contribution >= 4 is 11.8 Å². The topological polar surface area (TPSA) is 21.3 Å². The second-order valence-electron chi connectivity index (χ2n) is 4.60. The predicted molar refractivity (Wildman–Crippen MR) is 74.9 cm³/mol. The fourth-order valence-electron chi connectivity index (χ4n) is 2.39. The van der Waals surface area contributed by atoms with E-state index in [1.165, 1.54) is 17.7 Å². The molecule has 2 nitrogen and oxygen atoms in total. The van der Waals surface area contributed by atoms with Crippen LogP contribution in [0.25, 0.3) is 0 Å². The molecule has 0 bridgehead atoms. The lowest BCUT2D eigenvalue weighted by Crippen LogP contribution is -2.35. The monoisotopic (exact) mass is 251 g/mol. The second kappa shape index (κ2) is 5.78. The van der Waals surface area contributed by atoms with Crippen LogP contribution >= 0.6 is 11.8 Å². The maximum atomic E-state index is 5.41. The Hall–Kier alpha value is -0.670. The Morgan fingerprint density at radius 1 is 1.41 bits per heavy atom. The van der Waals surface area contributed by atoms with Gasteiger partial charge in [0.2, 0.25) is 0 Å². The molecule has 1 aliphatic rings. The number of rotatable bonds is 4. The third-order valence-corrected chi connectivity index (χ3v) is 4.77. The summed E-state index contributed by atoms with van der Waals surface area (Å²) in [7, 11) is 1.74. The highest BCUT2D eigenvalue weighted by Gasteiger charge is 2.25. The van der Waals surface area contributed by atoms with Crippen LogP contribution in [0.4, 0.5) is 0 Å². The van der Waals surface area contributed by atoms with Gasteiger partial charge in [0, 0.05) is 22.9 Å². The fraction of sp³-hybridized carbons (Fsp3) is 0.571. The van der Waals surface area contributed by atoms with E-state index >= 15 is 0 Å². The van der Waals surface area contributed by atoms with Crippen LogP contribution < -0.4 is 10.1 Å². The van der Waals surface area contributed by atoms with Crippen molar-refractivity contribution in [1.29, 1.82) is 0 Å². The van der Waals surface area contributed by atoms with Gasteiger partial charge in [-0.3, -0.25) is 0 Å². The van der Waals surface area contributed by atoms with Gasteiger partial charge < -0.3 is 10.1 Å². The molecule has 0 spiro atoms. The van der Waals surface area contributed by atoms with Gasteiger partial charge in [0.1, 0.15) is 5.75 Å². The Morgan fingerprint density at radius 3 is 2.82 bits per heavy atom. The molecule has 2 unspecified atom stereocenters. The second-order valence-corrected chi connectivity index (χ2v) is 6.09. The molecule has 1 aromatic rings. The standard InChI is InChI=1S/C14H21NOS/c1-10(15-13-8-9-17-11(13)2)12-6-4-5-7-14(12)16-3/h4-7,10-11,13,15H,8-9H2,1-3H3/t10-,11?,13?/m1/s1. The average Bonchev–Trinajstić information content (AvgIpc) is 2.75. The van der Waals surface area contributed by atoms with Crippen LogP contribution in [-0.2, 0) is 0 Å². The number of hydrogen-bond donors (Lipinski definition) is 1. The van der Waals surface area contributed by atoms with Crippen LogP contribution in [0.15, 0.2) is 24.3 Å². The first-order chi connectivity index (χ1) is 8.22. The normalized spacial score (nSPS) is 25.8. The molecule has 1 heterocycles. The van der Waals surface area contributed by atoms with Crippen molar-refractivity contribution in [2.45, 2.75) is 37.6 Å². The third kappa shape index (κ3) is 2.96. The molecule has 94 valence electrons. The van der Waals surface area contributed by atoms with Crippen LogP contribution in [0.5, 0.6) is 5.75 Å². The van der Waals surface area contributed by atoms with Gasteiger partial charge in [-0.1, -0.05) is 25.1 Å². The molecule has 1 aromatic carbocycles. The summed E-state index contributed by atoms with van der Waals surface area (Å²) >= 11 is 2.06. The van der Waals surface area contributed by atoms with Crippen molar-refractivity contribution in [3.05, 3.63) is 29.8 Å². The molecular weight excluding hydrogens is 230 g/mol. The van der Waals surface area contributed by atoms with Gasteiger partial charge in [-0.25, -0.2) is 0 Å². The molecule has 0 aliphatic carbocycles. The highest BCUT2D eigenvalue weighted by atomic mass is 32.2. The van der Waals surface area contributed by atoms with E-state index in [9.17, 15) is 0 Å². The van der Waals surface area contributed by atoms with Gasteiger partial charge in [0.15, 0.2) is 0 Å². The molecule has 17 heavy (non-hydrogen) atoms. The summed E-state index contributed by atoms with van der Waals surface area (Å²) in [6.07, 6.45) is 1.27. The molecule has 0 radical (unpaired) electrons. The Balaban J connectivity index is 2.06. The summed E-state index contributed by atoms with van der Waals surface area (Å²) < 4.78 is 5.41. The Bertz CT molecular complexity index is 369. The van der Waals surface area contributed by atoms with E-state index in [0.717, 1.165) is 5.75 Å². The van der Waals surface area contributed by atoms with Crippen molar-refractivity contribution < 1.29 is 4.74 Å². The Morgan fingerprint density at radius 2 is 2.18 bits per heavy atom. The molecule has 1 fully saturated rings. The number of nitrogens with one attached hydrogen (secondary N) is 1. The highest BCUT2D eigenvalue weighted by Crippen LogP contribution is 2.30. The maximum Gasteiger partial charge on any atom is 0.123 e. The van der Waals surface area contributed by atoms with E-state index in [-0.39, 0.29) is 0 Å². The Labute approximate surface area is 108 Å².